The lowest BCUT2D eigenvalue weighted by molar-refractivity contribution is -0.535. The van der Waals surface area contributed by atoms with E-state index in [0.717, 1.165) is 70.5 Å². The molecule has 0 heterocycles. The van der Waals surface area contributed by atoms with E-state index in [0.29, 0.717) is 19.3 Å². The molecule has 0 saturated heterocycles. The minimum absolute atomic E-state index is 0.291. The fourth-order valence-corrected chi connectivity index (χ4v) is 3.23. The molecule has 0 aromatic heterocycles. The summed E-state index contributed by atoms with van der Waals surface area (Å²) in [6, 6.07) is -0.803. The van der Waals surface area contributed by atoms with E-state index in [1.807, 2.05) is 0 Å². The van der Waals surface area contributed by atoms with Gasteiger partial charge in [0.05, 0.1) is 0 Å². The van der Waals surface area contributed by atoms with Gasteiger partial charge in [-0.2, -0.15) is 0 Å². The second-order valence-electron chi connectivity index (χ2n) is 7.20. The topological polar surface area (TPSA) is 80.4 Å². The van der Waals surface area contributed by atoms with Gasteiger partial charge in [0, 0.05) is 17.8 Å². The third-order valence-electron chi connectivity index (χ3n) is 4.89. The van der Waals surface area contributed by atoms with Crippen molar-refractivity contribution in [2.24, 2.45) is 0 Å². The van der Waals surface area contributed by atoms with Gasteiger partial charge in [0.25, 0.3) is 0 Å². The molecule has 25 heavy (non-hydrogen) atoms. The molecule has 0 aromatic carbocycles. The van der Waals surface area contributed by atoms with Crippen molar-refractivity contribution in [3.05, 3.63) is 10.1 Å². The molecule has 0 aliphatic rings. The van der Waals surface area contributed by atoms with Crippen molar-refractivity contribution in [3.8, 4) is 0 Å². The lowest BCUT2D eigenvalue weighted by Gasteiger charge is -2.16. The molecule has 0 spiro atoms. The molecular weight excluding hydrogens is 318 g/mol. The zero-order valence-electron chi connectivity index (χ0n) is 16.2. The smallest absolute Gasteiger partial charge is 0.238 e. The minimum atomic E-state index is -0.803. The van der Waals surface area contributed by atoms with Crippen molar-refractivity contribution in [2.45, 2.75) is 122 Å². The Morgan fingerprint density at radius 3 is 1.84 bits per heavy atom. The highest BCUT2D eigenvalue weighted by Gasteiger charge is 2.28. The van der Waals surface area contributed by atoms with E-state index >= 15 is 0 Å². The van der Waals surface area contributed by atoms with E-state index in [2.05, 4.69) is 6.92 Å². The Labute approximate surface area is 153 Å². The first-order chi connectivity index (χ1) is 12.1. The first-order valence-corrected chi connectivity index (χ1v) is 10.4. The van der Waals surface area contributed by atoms with Crippen LogP contribution in [0.5, 0.6) is 0 Å². The van der Waals surface area contributed by atoms with Gasteiger partial charge in [-0.05, 0) is 19.3 Å². The zero-order valence-corrected chi connectivity index (χ0v) is 16.2. The van der Waals surface area contributed by atoms with Crippen LogP contribution in [0, 0.1) is 10.1 Å². The predicted molar refractivity (Wildman–Crippen MR) is 102 cm³/mol. The molecule has 0 rings (SSSR count). The second kappa shape index (κ2) is 17.8. The first-order valence-electron chi connectivity index (χ1n) is 10.4. The molecule has 148 valence electrons. The van der Waals surface area contributed by atoms with Crippen LogP contribution in [0.3, 0.4) is 0 Å². The molecule has 0 aliphatic heterocycles. The Balaban J connectivity index is 3.71. The van der Waals surface area contributed by atoms with Crippen LogP contribution in [-0.4, -0.2) is 28.5 Å². The molecule has 5 heteroatoms. The lowest BCUT2D eigenvalue weighted by atomic mass is 9.98. The average molecular weight is 358 g/mol. The minimum Gasteiger partial charge on any atom is -0.386 e. The summed E-state index contributed by atoms with van der Waals surface area (Å²) in [5, 5.41) is 21.3. The predicted octanol–water partition coefficient (Wildman–Crippen LogP) is 5.45. The van der Waals surface area contributed by atoms with Crippen molar-refractivity contribution in [3.63, 3.8) is 0 Å². The third-order valence-corrected chi connectivity index (χ3v) is 4.89. The van der Waals surface area contributed by atoms with Gasteiger partial charge in [0.2, 0.25) is 6.04 Å². The Kier molecular flexibility index (Phi) is 17.1. The van der Waals surface area contributed by atoms with E-state index in [1.54, 1.807) is 0 Å². The molecule has 0 radical (unpaired) electrons. The van der Waals surface area contributed by atoms with Gasteiger partial charge in [-0.15, -0.1) is 0 Å². The Morgan fingerprint density at radius 2 is 1.32 bits per heavy atom. The van der Waals surface area contributed by atoms with E-state index in [9.17, 15) is 20.0 Å². The molecule has 0 aliphatic carbocycles. The van der Waals surface area contributed by atoms with Crippen LogP contribution in [0.25, 0.3) is 0 Å². The highest BCUT2D eigenvalue weighted by atomic mass is 16.6. The van der Waals surface area contributed by atoms with Gasteiger partial charge >= 0.3 is 0 Å². The quantitative estimate of drug-likeness (QED) is 0.144. The summed E-state index contributed by atoms with van der Waals surface area (Å²) < 4.78 is 0. The number of rotatable bonds is 19. The number of carbonyl (C=O) groups excluding carboxylic acids is 1. The summed E-state index contributed by atoms with van der Waals surface area (Å²) in [5.74, 6) is 0. The SMILES string of the molecule is CCCCCCCCC(O)C(CCCCCCCCCC=O)[N+](=O)[O-]. The number of carbonyl (C=O) groups is 1. The first kappa shape index (κ1) is 24.0. The summed E-state index contributed by atoms with van der Waals surface area (Å²) in [6.45, 7) is 2.18. The van der Waals surface area contributed by atoms with Crippen molar-refractivity contribution in [1.82, 2.24) is 0 Å². The molecule has 0 saturated carbocycles. The second-order valence-corrected chi connectivity index (χ2v) is 7.20. The summed E-state index contributed by atoms with van der Waals surface area (Å²) in [4.78, 5) is 21.1. The van der Waals surface area contributed by atoms with Gasteiger partial charge in [0.15, 0.2) is 0 Å². The number of unbranched alkanes of at least 4 members (excludes halogenated alkanes) is 12. The number of nitro groups is 1. The van der Waals surface area contributed by atoms with Gasteiger partial charge in [-0.25, -0.2) is 0 Å². The average Bonchev–Trinajstić information content (AvgIpc) is 2.59. The van der Waals surface area contributed by atoms with Gasteiger partial charge in [-0.3, -0.25) is 10.1 Å². The van der Waals surface area contributed by atoms with Crippen LogP contribution in [0.2, 0.25) is 0 Å². The molecule has 5 nitrogen and oxygen atoms in total. The Hall–Kier alpha value is -0.970. The standard InChI is InChI=1S/C20H39NO4/c1-2-3-4-5-11-14-17-20(23)19(21(24)25)16-13-10-8-6-7-9-12-15-18-22/h18-20,23H,2-17H2,1H3. The normalized spacial score (nSPS) is 13.5. The number of aliphatic hydroxyl groups excluding tert-OH is 1. The number of hydrogen-bond donors (Lipinski definition) is 1. The number of aliphatic hydroxyl groups is 1. The van der Waals surface area contributed by atoms with E-state index in [-0.39, 0.29) is 4.92 Å². The lowest BCUT2D eigenvalue weighted by Crippen LogP contribution is -2.33. The fourth-order valence-electron chi connectivity index (χ4n) is 3.23. The highest BCUT2D eigenvalue weighted by molar-refractivity contribution is 5.48. The van der Waals surface area contributed by atoms with Crippen LogP contribution in [0.15, 0.2) is 0 Å². The van der Waals surface area contributed by atoms with Crippen LogP contribution >= 0.6 is 0 Å². The van der Waals surface area contributed by atoms with E-state index in [4.69, 9.17) is 0 Å². The maximum Gasteiger partial charge on any atom is 0.238 e. The maximum atomic E-state index is 11.2. The molecule has 2 atom stereocenters. The van der Waals surface area contributed by atoms with Crippen molar-refractivity contribution in [2.75, 3.05) is 0 Å². The largest absolute Gasteiger partial charge is 0.386 e. The number of nitrogens with zero attached hydrogens (tertiary/aromatic N) is 1. The molecule has 1 N–H and O–H groups in total. The monoisotopic (exact) mass is 357 g/mol. The van der Waals surface area contributed by atoms with Crippen LogP contribution in [-0.2, 0) is 4.79 Å². The molecule has 0 aromatic rings. The van der Waals surface area contributed by atoms with E-state index in [1.165, 1.54) is 19.3 Å². The van der Waals surface area contributed by atoms with Gasteiger partial charge in [0.1, 0.15) is 12.4 Å². The molecular formula is C20H39NO4. The molecule has 0 bridgehead atoms. The molecule has 0 fully saturated rings. The van der Waals surface area contributed by atoms with Crippen molar-refractivity contribution < 1.29 is 14.8 Å². The summed E-state index contributed by atoms with van der Waals surface area (Å²) in [7, 11) is 0. The maximum absolute atomic E-state index is 11.2. The van der Waals surface area contributed by atoms with Crippen molar-refractivity contribution in [1.29, 1.82) is 0 Å². The van der Waals surface area contributed by atoms with Crippen LogP contribution in [0.1, 0.15) is 110 Å². The molecule has 2 unspecified atom stereocenters. The number of aldehydes is 1. The van der Waals surface area contributed by atoms with Crippen molar-refractivity contribution >= 4 is 6.29 Å². The fraction of sp³-hybridized carbons (Fsp3) is 0.950. The van der Waals surface area contributed by atoms with Crippen LogP contribution < -0.4 is 0 Å². The Bertz CT molecular complexity index is 323. The van der Waals surface area contributed by atoms with Gasteiger partial charge < -0.3 is 9.90 Å². The zero-order chi connectivity index (χ0) is 18.8. The summed E-state index contributed by atoms with van der Waals surface area (Å²) >= 11 is 0. The van der Waals surface area contributed by atoms with Crippen LogP contribution in [0.4, 0.5) is 0 Å². The Morgan fingerprint density at radius 1 is 0.840 bits per heavy atom. The summed E-state index contributed by atoms with van der Waals surface area (Å²) in [6.07, 6.45) is 15.8. The molecule has 0 amide bonds. The summed E-state index contributed by atoms with van der Waals surface area (Å²) in [5.41, 5.74) is 0. The highest BCUT2D eigenvalue weighted by Crippen LogP contribution is 2.17. The van der Waals surface area contributed by atoms with Gasteiger partial charge in [-0.1, -0.05) is 77.6 Å². The third kappa shape index (κ3) is 15.0. The van der Waals surface area contributed by atoms with E-state index < -0.39 is 12.1 Å². The number of hydrogen-bond acceptors (Lipinski definition) is 4.